The van der Waals surface area contributed by atoms with Crippen molar-refractivity contribution >= 4 is 11.8 Å². The Balaban J connectivity index is 3.01. The highest BCUT2D eigenvalue weighted by Gasteiger charge is 1.98. The molecule has 0 aliphatic rings. The first-order chi connectivity index (χ1) is 4.13. The van der Waals surface area contributed by atoms with Crippen LogP contribution in [0.4, 0.5) is 0 Å². The molecule has 54 valence electrons. The molecule has 0 radical (unpaired) electrons. The fraction of sp³-hybridized carbons (Fsp3) is 1.00. The third-order valence-electron chi connectivity index (χ3n) is 0.725. The lowest BCUT2D eigenvalue weighted by molar-refractivity contribution is -0.474. The van der Waals surface area contributed by atoms with Gasteiger partial charge in [-0.05, 0) is 5.25 Å². The average molecular weight is 149 g/mol. The van der Waals surface area contributed by atoms with Crippen LogP contribution in [0.15, 0.2) is 0 Å². The summed E-state index contributed by atoms with van der Waals surface area (Å²) in [6.45, 7) is 4.15. The quantitative estimate of drug-likeness (QED) is 0.448. The van der Waals surface area contributed by atoms with Crippen molar-refractivity contribution in [2.24, 2.45) is 0 Å². The van der Waals surface area contributed by atoms with Gasteiger partial charge in [-0.3, -0.25) is 10.1 Å². The normalized spacial score (nSPS) is 10.1. The number of rotatable bonds is 4. The maximum absolute atomic E-state index is 9.77. The Morgan fingerprint density at radius 3 is 2.56 bits per heavy atom. The first-order valence-corrected chi connectivity index (χ1v) is 3.91. The molecule has 0 saturated carbocycles. The fourth-order valence-electron chi connectivity index (χ4n) is 0.363. The second-order valence-electron chi connectivity index (χ2n) is 1.98. The molecule has 0 rings (SSSR count). The summed E-state index contributed by atoms with van der Waals surface area (Å²) in [5.74, 6) is 0.630. The van der Waals surface area contributed by atoms with Crippen molar-refractivity contribution in [3.63, 3.8) is 0 Å². The summed E-state index contributed by atoms with van der Waals surface area (Å²) < 4.78 is 0. The van der Waals surface area contributed by atoms with Gasteiger partial charge in [0.1, 0.15) is 0 Å². The lowest BCUT2D eigenvalue weighted by atomic mass is 10.6. The molecule has 0 bridgehead atoms. The molecule has 0 aromatic rings. The number of nitro groups is 1. The highest BCUT2D eigenvalue weighted by Crippen LogP contribution is 2.07. The summed E-state index contributed by atoms with van der Waals surface area (Å²) in [5.41, 5.74) is 0. The van der Waals surface area contributed by atoms with Gasteiger partial charge in [0.05, 0.1) is 5.75 Å². The zero-order valence-electron chi connectivity index (χ0n) is 5.66. The molecule has 0 saturated heterocycles. The zero-order valence-corrected chi connectivity index (χ0v) is 6.48. The van der Waals surface area contributed by atoms with Crippen LogP contribution < -0.4 is 0 Å². The molecule has 0 aliphatic carbocycles. The predicted molar refractivity (Wildman–Crippen MR) is 39.5 cm³/mol. The minimum absolute atomic E-state index is 0.0862. The predicted octanol–water partition coefficient (Wildman–Crippen LogP) is 1.40. The van der Waals surface area contributed by atoms with Crippen LogP contribution in [0.1, 0.15) is 13.8 Å². The van der Waals surface area contributed by atoms with Crippen molar-refractivity contribution in [2.75, 3.05) is 12.3 Å². The molecule has 0 atom stereocenters. The number of thioether (sulfide) groups is 1. The largest absolute Gasteiger partial charge is 0.265 e. The van der Waals surface area contributed by atoms with E-state index in [1.165, 1.54) is 0 Å². The van der Waals surface area contributed by atoms with E-state index in [0.717, 1.165) is 0 Å². The number of nitrogens with zero attached hydrogens (tertiary/aromatic N) is 1. The van der Waals surface area contributed by atoms with E-state index in [2.05, 4.69) is 0 Å². The Hall–Kier alpha value is -0.250. The first kappa shape index (κ1) is 8.75. The second kappa shape index (κ2) is 4.61. The lowest BCUT2D eigenvalue weighted by Gasteiger charge is -1.98. The van der Waals surface area contributed by atoms with Gasteiger partial charge in [0.15, 0.2) is 0 Å². The van der Waals surface area contributed by atoms with Gasteiger partial charge in [0.25, 0.3) is 0 Å². The Labute approximate surface area is 59.0 Å². The molecular formula is C5H11NO2S. The molecule has 0 unspecified atom stereocenters. The van der Waals surface area contributed by atoms with Gasteiger partial charge in [0.2, 0.25) is 6.54 Å². The first-order valence-electron chi connectivity index (χ1n) is 2.86. The van der Waals surface area contributed by atoms with Crippen molar-refractivity contribution in [2.45, 2.75) is 19.1 Å². The summed E-state index contributed by atoms with van der Waals surface area (Å²) in [5, 5.41) is 10.3. The van der Waals surface area contributed by atoms with Gasteiger partial charge < -0.3 is 0 Å². The van der Waals surface area contributed by atoms with Crippen LogP contribution >= 0.6 is 11.8 Å². The van der Waals surface area contributed by atoms with Crippen LogP contribution in [0.3, 0.4) is 0 Å². The molecule has 0 N–H and O–H groups in total. The summed E-state index contributed by atoms with van der Waals surface area (Å²) in [6.07, 6.45) is 0. The Morgan fingerprint density at radius 2 is 2.22 bits per heavy atom. The van der Waals surface area contributed by atoms with E-state index in [4.69, 9.17) is 0 Å². The fourth-order valence-corrected chi connectivity index (χ4v) is 1.09. The van der Waals surface area contributed by atoms with Crippen molar-refractivity contribution in [1.82, 2.24) is 0 Å². The summed E-state index contributed by atoms with van der Waals surface area (Å²) in [7, 11) is 0. The van der Waals surface area contributed by atoms with E-state index in [-0.39, 0.29) is 11.5 Å². The maximum Gasteiger partial charge on any atom is 0.212 e. The Bertz CT molecular complexity index is 95.0. The molecule has 0 aromatic heterocycles. The summed E-state index contributed by atoms with van der Waals surface area (Å²) in [4.78, 5) is 9.49. The van der Waals surface area contributed by atoms with Gasteiger partial charge in [-0.2, -0.15) is 11.8 Å². The molecule has 0 aromatic carbocycles. The Kier molecular flexibility index (Phi) is 4.48. The molecule has 9 heavy (non-hydrogen) atoms. The van der Waals surface area contributed by atoms with Gasteiger partial charge in [0, 0.05) is 4.92 Å². The van der Waals surface area contributed by atoms with Gasteiger partial charge in [-0.1, -0.05) is 13.8 Å². The smallest absolute Gasteiger partial charge is 0.212 e. The van der Waals surface area contributed by atoms with E-state index in [9.17, 15) is 10.1 Å². The van der Waals surface area contributed by atoms with Gasteiger partial charge in [-0.15, -0.1) is 0 Å². The van der Waals surface area contributed by atoms with Crippen LogP contribution in [0.2, 0.25) is 0 Å². The lowest BCUT2D eigenvalue weighted by Crippen LogP contribution is -2.04. The van der Waals surface area contributed by atoms with Crippen LogP contribution in [0.25, 0.3) is 0 Å². The average Bonchev–Trinajstić information content (AvgIpc) is 1.63. The van der Waals surface area contributed by atoms with E-state index in [1.54, 1.807) is 11.8 Å². The highest BCUT2D eigenvalue weighted by molar-refractivity contribution is 7.99. The molecule has 4 heteroatoms. The molecule has 0 amide bonds. The zero-order chi connectivity index (χ0) is 7.28. The molecule has 3 nitrogen and oxygen atoms in total. The molecule has 0 fully saturated rings. The Morgan fingerprint density at radius 1 is 1.67 bits per heavy atom. The monoisotopic (exact) mass is 149 g/mol. The standard InChI is InChI=1S/C5H11NO2S/c1-5(2)9-4-3-6(7)8/h5H,3-4H2,1-2H3. The highest BCUT2D eigenvalue weighted by atomic mass is 32.2. The van der Waals surface area contributed by atoms with Crippen molar-refractivity contribution in [1.29, 1.82) is 0 Å². The van der Waals surface area contributed by atoms with Crippen LogP contribution in [-0.2, 0) is 0 Å². The van der Waals surface area contributed by atoms with Crippen molar-refractivity contribution < 1.29 is 4.92 Å². The maximum atomic E-state index is 9.77. The van der Waals surface area contributed by atoms with E-state index >= 15 is 0 Å². The second-order valence-corrected chi connectivity index (χ2v) is 3.66. The van der Waals surface area contributed by atoms with Crippen LogP contribution in [0.5, 0.6) is 0 Å². The van der Waals surface area contributed by atoms with Gasteiger partial charge in [-0.25, -0.2) is 0 Å². The van der Waals surface area contributed by atoms with Crippen LogP contribution in [0, 0.1) is 10.1 Å². The van der Waals surface area contributed by atoms with Crippen molar-refractivity contribution in [3.8, 4) is 0 Å². The van der Waals surface area contributed by atoms with E-state index in [1.807, 2.05) is 13.8 Å². The van der Waals surface area contributed by atoms with Crippen molar-refractivity contribution in [3.05, 3.63) is 10.1 Å². The molecule has 0 heterocycles. The minimum atomic E-state index is -0.282. The third-order valence-corrected chi connectivity index (χ3v) is 1.81. The SMILES string of the molecule is CC(C)SCC[N+](=O)[O-]. The number of hydrogen-bond donors (Lipinski definition) is 0. The third kappa shape index (κ3) is 7.75. The van der Waals surface area contributed by atoms with E-state index in [0.29, 0.717) is 11.0 Å². The van der Waals surface area contributed by atoms with Crippen LogP contribution in [-0.4, -0.2) is 22.5 Å². The molecule has 0 spiro atoms. The minimum Gasteiger partial charge on any atom is -0.265 e. The van der Waals surface area contributed by atoms with E-state index < -0.39 is 0 Å². The molecule has 0 aliphatic heterocycles. The number of hydrogen-bond acceptors (Lipinski definition) is 3. The van der Waals surface area contributed by atoms with Gasteiger partial charge >= 0.3 is 0 Å². The summed E-state index contributed by atoms with van der Waals surface area (Å²) >= 11 is 1.62. The topological polar surface area (TPSA) is 43.1 Å². The molecular weight excluding hydrogens is 138 g/mol. The summed E-state index contributed by atoms with van der Waals surface area (Å²) in [6, 6.07) is 0.